The van der Waals surface area contributed by atoms with Crippen molar-refractivity contribution in [1.82, 2.24) is 10.6 Å². The van der Waals surface area contributed by atoms with E-state index >= 15 is 0 Å². The summed E-state index contributed by atoms with van der Waals surface area (Å²) in [5.41, 5.74) is -0.0814. The Balaban J connectivity index is 1.82. The van der Waals surface area contributed by atoms with E-state index in [1.165, 1.54) is 25.7 Å². The molecule has 0 radical (unpaired) electrons. The van der Waals surface area contributed by atoms with Gasteiger partial charge in [-0.15, -0.1) is 0 Å². The highest BCUT2D eigenvalue weighted by molar-refractivity contribution is 5.82. The number of hydrogen-bond donors (Lipinski definition) is 2. The maximum absolute atomic E-state index is 12.7. The standard InChI is InChI=1S/C17H32N2O/c1-3-8-17(9-11-18-12-10-17)16(20)19-13-15-6-4-14(2)5-7-15/h14-15,18H,3-13H2,1-2H3,(H,19,20). The Morgan fingerprint density at radius 2 is 1.85 bits per heavy atom. The molecule has 0 atom stereocenters. The molecular formula is C17H32N2O. The third-order valence-corrected chi connectivity index (χ3v) is 5.46. The van der Waals surface area contributed by atoms with Gasteiger partial charge in [-0.2, -0.15) is 0 Å². The Kier molecular flexibility index (Phi) is 5.88. The van der Waals surface area contributed by atoms with Crippen LogP contribution in [0.5, 0.6) is 0 Å². The van der Waals surface area contributed by atoms with Crippen molar-refractivity contribution in [2.24, 2.45) is 17.3 Å². The molecule has 0 aromatic carbocycles. The highest BCUT2D eigenvalue weighted by Gasteiger charge is 2.38. The number of carbonyl (C=O) groups excluding carboxylic acids is 1. The van der Waals surface area contributed by atoms with Crippen LogP contribution in [-0.4, -0.2) is 25.5 Å². The number of rotatable bonds is 5. The van der Waals surface area contributed by atoms with Gasteiger partial charge in [-0.25, -0.2) is 0 Å². The SMILES string of the molecule is CCCC1(C(=O)NCC2CCC(C)CC2)CCNCC1. The molecule has 1 amide bonds. The lowest BCUT2D eigenvalue weighted by molar-refractivity contribution is -0.133. The van der Waals surface area contributed by atoms with E-state index < -0.39 is 0 Å². The monoisotopic (exact) mass is 280 g/mol. The molecule has 0 spiro atoms. The molecule has 0 bridgehead atoms. The smallest absolute Gasteiger partial charge is 0.226 e. The summed E-state index contributed by atoms with van der Waals surface area (Å²) in [6, 6.07) is 0. The molecular weight excluding hydrogens is 248 g/mol. The quantitative estimate of drug-likeness (QED) is 0.812. The van der Waals surface area contributed by atoms with Crippen molar-refractivity contribution < 1.29 is 4.79 Å². The highest BCUT2D eigenvalue weighted by atomic mass is 16.2. The molecule has 0 aromatic heterocycles. The van der Waals surface area contributed by atoms with Gasteiger partial charge in [0.1, 0.15) is 0 Å². The van der Waals surface area contributed by atoms with Crippen molar-refractivity contribution in [3.05, 3.63) is 0 Å². The maximum atomic E-state index is 12.7. The molecule has 2 rings (SSSR count). The van der Waals surface area contributed by atoms with Gasteiger partial charge in [0, 0.05) is 6.54 Å². The lowest BCUT2D eigenvalue weighted by atomic mass is 9.74. The molecule has 20 heavy (non-hydrogen) atoms. The van der Waals surface area contributed by atoms with Crippen LogP contribution >= 0.6 is 0 Å². The summed E-state index contributed by atoms with van der Waals surface area (Å²) in [6.45, 7) is 7.44. The molecule has 2 fully saturated rings. The normalized spacial score (nSPS) is 29.9. The Morgan fingerprint density at radius 1 is 1.20 bits per heavy atom. The van der Waals surface area contributed by atoms with E-state index in [1.807, 2.05) is 0 Å². The second-order valence-corrected chi connectivity index (χ2v) is 7.12. The molecule has 1 aliphatic heterocycles. The molecule has 3 nitrogen and oxygen atoms in total. The highest BCUT2D eigenvalue weighted by Crippen LogP contribution is 2.34. The molecule has 2 aliphatic rings. The Hall–Kier alpha value is -0.570. The van der Waals surface area contributed by atoms with Crippen molar-refractivity contribution in [3.63, 3.8) is 0 Å². The molecule has 0 aromatic rings. The summed E-state index contributed by atoms with van der Waals surface area (Å²) in [5.74, 6) is 1.94. The molecule has 116 valence electrons. The second-order valence-electron chi connectivity index (χ2n) is 7.12. The van der Waals surface area contributed by atoms with Crippen molar-refractivity contribution >= 4 is 5.91 Å². The van der Waals surface area contributed by atoms with Crippen LogP contribution in [0.25, 0.3) is 0 Å². The van der Waals surface area contributed by atoms with Crippen molar-refractivity contribution in [3.8, 4) is 0 Å². The van der Waals surface area contributed by atoms with Crippen LogP contribution < -0.4 is 10.6 Å². The third kappa shape index (κ3) is 3.97. The fourth-order valence-corrected chi connectivity index (χ4v) is 3.93. The molecule has 2 N–H and O–H groups in total. The predicted octanol–water partition coefficient (Wildman–Crippen LogP) is 3.10. The fraction of sp³-hybridized carbons (Fsp3) is 0.941. The largest absolute Gasteiger partial charge is 0.355 e. The van der Waals surface area contributed by atoms with Gasteiger partial charge in [0.25, 0.3) is 0 Å². The molecule has 1 heterocycles. The summed E-state index contributed by atoms with van der Waals surface area (Å²) in [5, 5.41) is 6.68. The zero-order valence-electron chi connectivity index (χ0n) is 13.3. The van der Waals surface area contributed by atoms with Gasteiger partial charge in [-0.05, 0) is 57.0 Å². The number of nitrogens with one attached hydrogen (secondary N) is 2. The Bertz CT molecular complexity index is 297. The lowest BCUT2D eigenvalue weighted by Gasteiger charge is -2.37. The van der Waals surface area contributed by atoms with Gasteiger partial charge in [0.15, 0.2) is 0 Å². The number of carbonyl (C=O) groups is 1. The van der Waals surface area contributed by atoms with Crippen LogP contribution in [0.4, 0.5) is 0 Å². The molecule has 1 saturated carbocycles. The van der Waals surface area contributed by atoms with Crippen LogP contribution in [0.3, 0.4) is 0 Å². The zero-order valence-corrected chi connectivity index (χ0v) is 13.3. The Labute approximate surface area is 124 Å². The first-order chi connectivity index (χ1) is 9.66. The first kappa shape index (κ1) is 15.8. The van der Waals surface area contributed by atoms with Crippen LogP contribution in [0.1, 0.15) is 65.2 Å². The molecule has 3 heteroatoms. The van der Waals surface area contributed by atoms with Gasteiger partial charge in [-0.3, -0.25) is 4.79 Å². The van der Waals surface area contributed by atoms with E-state index in [0.29, 0.717) is 5.91 Å². The van der Waals surface area contributed by atoms with E-state index in [9.17, 15) is 4.79 Å². The summed E-state index contributed by atoms with van der Waals surface area (Å²) in [6.07, 6.45) is 9.43. The molecule has 1 aliphatic carbocycles. The van der Waals surface area contributed by atoms with Gasteiger partial charge < -0.3 is 10.6 Å². The first-order valence-corrected chi connectivity index (χ1v) is 8.65. The van der Waals surface area contributed by atoms with E-state index in [2.05, 4.69) is 24.5 Å². The summed E-state index contributed by atoms with van der Waals surface area (Å²) < 4.78 is 0. The van der Waals surface area contributed by atoms with Crippen molar-refractivity contribution in [2.45, 2.75) is 65.2 Å². The van der Waals surface area contributed by atoms with E-state index in [4.69, 9.17) is 0 Å². The van der Waals surface area contributed by atoms with Crippen LogP contribution in [0, 0.1) is 17.3 Å². The number of hydrogen-bond acceptors (Lipinski definition) is 2. The summed E-state index contributed by atoms with van der Waals surface area (Å²) in [7, 11) is 0. The molecule has 0 unspecified atom stereocenters. The predicted molar refractivity (Wildman–Crippen MR) is 83.6 cm³/mol. The van der Waals surface area contributed by atoms with Gasteiger partial charge >= 0.3 is 0 Å². The average molecular weight is 280 g/mol. The number of piperidine rings is 1. The van der Waals surface area contributed by atoms with Crippen LogP contribution in [0.15, 0.2) is 0 Å². The minimum absolute atomic E-state index is 0.0814. The minimum atomic E-state index is -0.0814. The maximum Gasteiger partial charge on any atom is 0.226 e. The lowest BCUT2D eigenvalue weighted by Crippen LogP contribution is -2.48. The zero-order chi connectivity index (χ0) is 14.4. The molecule has 1 saturated heterocycles. The number of amides is 1. The van der Waals surface area contributed by atoms with E-state index in [1.54, 1.807) is 0 Å². The van der Waals surface area contributed by atoms with Crippen molar-refractivity contribution in [1.29, 1.82) is 0 Å². The van der Waals surface area contributed by atoms with E-state index in [0.717, 1.165) is 57.2 Å². The van der Waals surface area contributed by atoms with Gasteiger partial charge in [0.2, 0.25) is 5.91 Å². The van der Waals surface area contributed by atoms with Crippen LogP contribution in [0.2, 0.25) is 0 Å². The average Bonchev–Trinajstić information content (AvgIpc) is 2.47. The van der Waals surface area contributed by atoms with E-state index in [-0.39, 0.29) is 5.41 Å². The van der Waals surface area contributed by atoms with Crippen molar-refractivity contribution in [2.75, 3.05) is 19.6 Å². The first-order valence-electron chi connectivity index (χ1n) is 8.65. The minimum Gasteiger partial charge on any atom is -0.355 e. The van der Waals surface area contributed by atoms with Gasteiger partial charge in [0.05, 0.1) is 5.41 Å². The summed E-state index contributed by atoms with van der Waals surface area (Å²) in [4.78, 5) is 12.7. The second kappa shape index (κ2) is 7.44. The van der Waals surface area contributed by atoms with Gasteiger partial charge in [-0.1, -0.05) is 33.1 Å². The Morgan fingerprint density at radius 3 is 2.45 bits per heavy atom. The van der Waals surface area contributed by atoms with Crippen LogP contribution in [-0.2, 0) is 4.79 Å². The fourth-order valence-electron chi connectivity index (χ4n) is 3.93. The summed E-state index contributed by atoms with van der Waals surface area (Å²) >= 11 is 0. The third-order valence-electron chi connectivity index (χ3n) is 5.46. The topological polar surface area (TPSA) is 41.1 Å².